The number of ether oxygens (including phenoxy) is 1. The van der Waals surface area contributed by atoms with Crippen LogP contribution >= 0.6 is 11.6 Å². The Morgan fingerprint density at radius 3 is 2.50 bits per heavy atom. The fraction of sp³-hybridized carbons (Fsp3) is 0.455. The Morgan fingerprint density at radius 2 is 2.00 bits per heavy atom. The molecule has 1 N–H and O–H groups in total. The van der Waals surface area contributed by atoms with Gasteiger partial charge in [0.05, 0.1) is 22.1 Å². The molecule has 1 aromatic rings. The summed E-state index contributed by atoms with van der Waals surface area (Å²) >= 11 is 5.43. The van der Waals surface area contributed by atoms with E-state index in [-0.39, 0.29) is 6.61 Å². The van der Waals surface area contributed by atoms with Crippen LogP contribution in [0.2, 0.25) is 5.02 Å². The Kier molecular flexibility index (Phi) is 5.42. The summed E-state index contributed by atoms with van der Waals surface area (Å²) in [5.74, 6) is 0. The lowest BCUT2D eigenvalue weighted by atomic mass is 10.2. The minimum Gasteiger partial charge on any atom is -0.383 e. The highest BCUT2D eigenvalue weighted by atomic mass is 35.5. The second-order valence-corrected chi connectivity index (χ2v) is 6.24. The van der Waals surface area contributed by atoms with Crippen LogP contribution < -0.4 is 4.72 Å². The third-order valence-corrected chi connectivity index (χ3v) is 4.24. The van der Waals surface area contributed by atoms with Crippen LogP contribution in [0.25, 0.3) is 0 Å². The second kappa shape index (κ2) is 6.30. The fourth-order valence-electron chi connectivity index (χ4n) is 1.51. The van der Waals surface area contributed by atoms with Gasteiger partial charge < -0.3 is 4.74 Å². The first-order chi connectivity index (χ1) is 9.08. The van der Waals surface area contributed by atoms with Crippen LogP contribution in [0.4, 0.5) is 13.2 Å². The lowest BCUT2D eigenvalue weighted by molar-refractivity contribution is -0.137. The summed E-state index contributed by atoms with van der Waals surface area (Å²) < 4.78 is 68.9. The highest BCUT2D eigenvalue weighted by Crippen LogP contribution is 2.35. The standard InChI is InChI=1S/C11H13ClF3NO3S/c1-7(6-19-2)16-20(17,18)8-3-4-10(12)9(5-8)11(13,14)15/h3-5,7,16H,6H2,1-2H3/t7-/m1/s1. The summed E-state index contributed by atoms with van der Waals surface area (Å²) in [6, 6.07) is 1.85. The summed E-state index contributed by atoms with van der Waals surface area (Å²) in [7, 11) is -2.69. The van der Waals surface area contributed by atoms with Gasteiger partial charge in [-0.05, 0) is 25.1 Å². The molecule has 0 aliphatic heterocycles. The van der Waals surface area contributed by atoms with E-state index >= 15 is 0 Å². The van der Waals surface area contributed by atoms with Crippen molar-refractivity contribution in [2.75, 3.05) is 13.7 Å². The van der Waals surface area contributed by atoms with Crippen LogP contribution in [0.15, 0.2) is 23.1 Å². The number of halogens is 4. The lowest BCUT2D eigenvalue weighted by Crippen LogP contribution is -2.35. The van der Waals surface area contributed by atoms with Gasteiger partial charge in [0.1, 0.15) is 0 Å². The summed E-state index contributed by atoms with van der Waals surface area (Å²) in [6.45, 7) is 1.63. The fourth-order valence-corrected chi connectivity index (χ4v) is 2.98. The topological polar surface area (TPSA) is 55.4 Å². The van der Waals surface area contributed by atoms with Gasteiger partial charge in [-0.2, -0.15) is 13.2 Å². The maximum atomic E-state index is 12.7. The maximum absolute atomic E-state index is 12.7. The molecule has 1 rings (SSSR count). The molecule has 1 aromatic carbocycles. The zero-order valence-electron chi connectivity index (χ0n) is 10.7. The van der Waals surface area contributed by atoms with Crippen molar-refractivity contribution >= 4 is 21.6 Å². The van der Waals surface area contributed by atoms with Crippen molar-refractivity contribution in [3.63, 3.8) is 0 Å². The molecule has 0 aliphatic rings. The first kappa shape index (κ1) is 17.2. The highest BCUT2D eigenvalue weighted by Gasteiger charge is 2.34. The number of benzene rings is 1. The van der Waals surface area contributed by atoms with Crippen LogP contribution in [-0.2, 0) is 20.9 Å². The van der Waals surface area contributed by atoms with Gasteiger partial charge in [0.2, 0.25) is 10.0 Å². The minimum atomic E-state index is -4.72. The molecule has 0 unspecified atom stereocenters. The molecule has 0 aromatic heterocycles. The Hall–Kier alpha value is -0.830. The first-order valence-corrected chi connectivity index (χ1v) is 7.32. The van der Waals surface area contributed by atoms with E-state index in [0.717, 1.165) is 12.1 Å². The average molecular weight is 332 g/mol. The summed E-state index contributed by atoms with van der Waals surface area (Å²) in [4.78, 5) is -0.503. The van der Waals surface area contributed by atoms with Crippen LogP contribution in [0.1, 0.15) is 12.5 Å². The maximum Gasteiger partial charge on any atom is 0.417 e. The number of hydrogen-bond donors (Lipinski definition) is 1. The van der Waals surface area contributed by atoms with Gasteiger partial charge in [-0.3, -0.25) is 0 Å². The van der Waals surface area contributed by atoms with Crippen molar-refractivity contribution in [3.05, 3.63) is 28.8 Å². The molecule has 0 aliphatic carbocycles. The second-order valence-electron chi connectivity index (χ2n) is 4.12. The molecular formula is C11H13ClF3NO3S. The number of alkyl halides is 3. The van der Waals surface area contributed by atoms with Gasteiger partial charge in [0.25, 0.3) is 0 Å². The molecule has 0 saturated heterocycles. The quantitative estimate of drug-likeness (QED) is 0.902. The number of hydrogen-bond acceptors (Lipinski definition) is 3. The molecule has 0 fully saturated rings. The molecule has 0 heterocycles. The first-order valence-electron chi connectivity index (χ1n) is 5.46. The van der Waals surface area contributed by atoms with E-state index in [2.05, 4.69) is 4.72 Å². The van der Waals surface area contributed by atoms with Gasteiger partial charge in [-0.15, -0.1) is 0 Å². The van der Waals surface area contributed by atoms with Gasteiger partial charge in [0.15, 0.2) is 0 Å². The molecule has 20 heavy (non-hydrogen) atoms. The van der Waals surface area contributed by atoms with Crippen molar-refractivity contribution in [1.29, 1.82) is 0 Å². The zero-order chi connectivity index (χ0) is 15.6. The van der Waals surface area contributed by atoms with Crippen molar-refractivity contribution in [2.45, 2.75) is 24.0 Å². The Balaban J connectivity index is 3.14. The number of nitrogens with one attached hydrogen (secondary N) is 1. The molecule has 1 atom stereocenters. The zero-order valence-corrected chi connectivity index (χ0v) is 12.2. The van der Waals surface area contributed by atoms with E-state index in [0.29, 0.717) is 6.07 Å². The van der Waals surface area contributed by atoms with E-state index in [9.17, 15) is 21.6 Å². The molecule has 0 radical (unpaired) electrons. The third-order valence-electron chi connectivity index (χ3n) is 2.33. The van der Waals surface area contributed by atoms with Crippen molar-refractivity contribution in [3.8, 4) is 0 Å². The SMILES string of the molecule is COC[C@@H](C)NS(=O)(=O)c1ccc(Cl)c(C(F)(F)F)c1. The van der Waals surface area contributed by atoms with Crippen LogP contribution in [-0.4, -0.2) is 28.2 Å². The van der Waals surface area contributed by atoms with Crippen molar-refractivity contribution in [2.24, 2.45) is 0 Å². The van der Waals surface area contributed by atoms with Gasteiger partial charge in [-0.1, -0.05) is 11.6 Å². The monoisotopic (exact) mass is 331 g/mol. The van der Waals surface area contributed by atoms with Gasteiger partial charge in [-0.25, -0.2) is 13.1 Å². The minimum absolute atomic E-state index is 0.0962. The van der Waals surface area contributed by atoms with Crippen LogP contribution in [0, 0.1) is 0 Å². The molecule has 0 amide bonds. The van der Waals surface area contributed by atoms with Gasteiger partial charge in [0, 0.05) is 13.2 Å². The molecule has 4 nitrogen and oxygen atoms in total. The summed E-state index contributed by atoms with van der Waals surface area (Å²) in [5.41, 5.74) is -1.19. The van der Waals surface area contributed by atoms with E-state index in [1.807, 2.05) is 0 Å². The van der Waals surface area contributed by atoms with Crippen LogP contribution in [0.3, 0.4) is 0 Å². The predicted octanol–water partition coefficient (Wildman–Crippen LogP) is 2.67. The number of sulfonamides is 1. The van der Waals surface area contributed by atoms with E-state index in [1.54, 1.807) is 0 Å². The lowest BCUT2D eigenvalue weighted by Gasteiger charge is -2.15. The largest absolute Gasteiger partial charge is 0.417 e. The summed E-state index contributed by atoms with van der Waals surface area (Å²) in [6.07, 6.45) is -4.72. The Bertz CT molecular complexity index is 575. The Morgan fingerprint density at radius 1 is 1.40 bits per heavy atom. The van der Waals surface area contributed by atoms with E-state index in [4.69, 9.17) is 16.3 Å². The van der Waals surface area contributed by atoms with E-state index < -0.39 is 37.7 Å². The van der Waals surface area contributed by atoms with E-state index in [1.165, 1.54) is 14.0 Å². The van der Waals surface area contributed by atoms with Gasteiger partial charge >= 0.3 is 6.18 Å². The molecular weight excluding hydrogens is 319 g/mol. The van der Waals surface area contributed by atoms with Crippen molar-refractivity contribution < 1.29 is 26.3 Å². The Labute approximate surface area is 119 Å². The smallest absolute Gasteiger partial charge is 0.383 e. The molecule has 9 heteroatoms. The van der Waals surface area contributed by atoms with Crippen molar-refractivity contribution in [1.82, 2.24) is 4.72 Å². The number of rotatable bonds is 5. The molecule has 0 spiro atoms. The predicted molar refractivity (Wildman–Crippen MR) is 68.1 cm³/mol. The molecule has 0 saturated carbocycles. The number of methoxy groups -OCH3 is 1. The highest BCUT2D eigenvalue weighted by molar-refractivity contribution is 7.89. The normalized spacial score (nSPS) is 14.3. The molecule has 0 bridgehead atoms. The summed E-state index contributed by atoms with van der Waals surface area (Å²) in [5, 5.41) is -0.554. The molecule has 114 valence electrons. The average Bonchev–Trinajstić information content (AvgIpc) is 2.27. The third kappa shape index (κ3) is 4.34. The van der Waals surface area contributed by atoms with Crippen LogP contribution in [0.5, 0.6) is 0 Å².